The van der Waals surface area contributed by atoms with Gasteiger partial charge in [0, 0.05) is 31.7 Å². The average Bonchev–Trinajstić information content (AvgIpc) is 3.23. The highest BCUT2D eigenvalue weighted by atomic mass is 35.5. The lowest BCUT2D eigenvalue weighted by Gasteiger charge is -2.34. The molecule has 2 aromatic carbocycles. The number of rotatable bonds is 7. The smallest absolute Gasteiger partial charge is 0.265 e. The van der Waals surface area contributed by atoms with Crippen molar-refractivity contribution in [2.24, 2.45) is 0 Å². The van der Waals surface area contributed by atoms with E-state index in [-0.39, 0.29) is 18.4 Å². The van der Waals surface area contributed by atoms with E-state index in [4.69, 9.17) is 16.3 Å². The quantitative estimate of drug-likeness (QED) is 0.516. The van der Waals surface area contributed by atoms with Gasteiger partial charge in [-0.2, -0.15) is 0 Å². The van der Waals surface area contributed by atoms with Crippen molar-refractivity contribution in [3.63, 3.8) is 0 Å². The van der Waals surface area contributed by atoms with E-state index >= 15 is 0 Å². The van der Waals surface area contributed by atoms with Crippen molar-refractivity contribution >= 4 is 40.4 Å². The van der Waals surface area contributed by atoms with Crippen molar-refractivity contribution in [1.29, 1.82) is 0 Å². The summed E-state index contributed by atoms with van der Waals surface area (Å²) in [5.74, 6) is 0.688. The molecule has 0 spiro atoms. The van der Waals surface area contributed by atoms with E-state index < -0.39 is 0 Å². The van der Waals surface area contributed by atoms with Gasteiger partial charge >= 0.3 is 0 Å². The number of ether oxygens (including phenoxy) is 1. The van der Waals surface area contributed by atoms with Crippen LogP contribution in [0.5, 0.6) is 5.75 Å². The number of halogens is 1. The number of nitrogens with zero attached hydrogens (tertiary/aromatic N) is 3. The highest BCUT2D eigenvalue weighted by Gasteiger charge is 2.26. The van der Waals surface area contributed by atoms with Crippen LogP contribution in [0.4, 0.5) is 5.69 Å². The first-order chi connectivity index (χ1) is 16.4. The number of anilines is 1. The molecule has 9 heteroatoms. The van der Waals surface area contributed by atoms with Crippen LogP contribution in [-0.2, 0) is 4.79 Å². The molecule has 2 heterocycles. The lowest BCUT2D eigenvalue weighted by Crippen LogP contribution is -2.50. The third-order valence-electron chi connectivity index (χ3n) is 5.58. The van der Waals surface area contributed by atoms with Gasteiger partial charge in [0.25, 0.3) is 5.91 Å². The minimum absolute atomic E-state index is 0.00708. The van der Waals surface area contributed by atoms with Gasteiger partial charge in [0.15, 0.2) is 0 Å². The number of aromatic nitrogens is 1. The SMILES string of the molecule is CCOc1ccc(-c2nc(C)c(C(=O)N3CCN(CC(=O)Nc4ccccc4Cl)CC3)s2)cc1. The number of carbonyl (C=O) groups excluding carboxylic acids is 2. The Morgan fingerprint density at radius 1 is 1.09 bits per heavy atom. The van der Waals surface area contributed by atoms with Gasteiger partial charge in [-0.25, -0.2) is 4.98 Å². The summed E-state index contributed by atoms with van der Waals surface area (Å²) in [5.41, 5.74) is 2.30. The van der Waals surface area contributed by atoms with Gasteiger partial charge in [0.05, 0.1) is 29.6 Å². The number of para-hydroxylation sites is 1. The van der Waals surface area contributed by atoms with E-state index in [0.717, 1.165) is 22.0 Å². The second-order valence-electron chi connectivity index (χ2n) is 7.99. The minimum Gasteiger partial charge on any atom is -0.494 e. The summed E-state index contributed by atoms with van der Waals surface area (Å²) in [5, 5.41) is 4.17. The lowest BCUT2D eigenvalue weighted by molar-refractivity contribution is -0.117. The average molecular weight is 499 g/mol. The maximum Gasteiger partial charge on any atom is 0.265 e. The fourth-order valence-corrected chi connectivity index (χ4v) is 5.01. The van der Waals surface area contributed by atoms with E-state index in [0.29, 0.717) is 48.4 Å². The Morgan fingerprint density at radius 3 is 2.47 bits per heavy atom. The summed E-state index contributed by atoms with van der Waals surface area (Å²) >= 11 is 7.53. The summed E-state index contributed by atoms with van der Waals surface area (Å²) < 4.78 is 5.50. The molecule has 0 radical (unpaired) electrons. The van der Waals surface area contributed by atoms with Crippen LogP contribution in [0.15, 0.2) is 48.5 Å². The molecule has 1 fully saturated rings. The van der Waals surface area contributed by atoms with E-state index in [1.807, 2.05) is 60.0 Å². The number of amides is 2. The van der Waals surface area contributed by atoms with Gasteiger partial charge in [-0.15, -0.1) is 11.3 Å². The highest BCUT2D eigenvalue weighted by molar-refractivity contribution is 7.17. The van der Waals surface area contributed by atoms with Crippen molar-refractivity contribution in [3.05, 3.63) is 64.1 Å². The zero-order valence-electron chi connectivity index (χ0n) is 19.2. The largest absolute Gasteiger partial charge is 0.494 e. The molecule has 7 nitrogen and oxygen atoms in total. The number of carbonyl (C=O) groups is 2. The second kappa shape index (κ2) is 11.0. The first-order valence-electron chi connectivity index (χ1n) is 11.2. The molecule has 4 rings (SSSR count). The van der Waals surface area contributed by atoms with Gasteiger partial charge in [-0.3, -0.25) is 14.5 Å². The highest BCUT2D eigenvalue weighted by Crippen LogP contribution is 2.30. The Bertz CT molecular complexity index is 1160. The molecule has 1 aliphatic heterocycles. The van der Waals surface area contributed by atoms with Crippen LogP contribution in [0.25, 0.3) is 10.6 Å². The Kier molecular flexibility index (Phi) is 7.82. The molecule has 1 aromatic heterocycles. The predicted octanol–water partition coefficient (Wildman–Crippen LogP) is 4.57. The molecule has 0 saturated carbocycles. The number of benzene rings is 2. The number of hydrogen-bond acceptors (Lipinski definition) is 6. The van der Waals surface area contributed by atoms with Crippen LogP contribution in [0.3, 0.4) is 0 Å². The second-order valence-corrected chi connectivity index (χ2v) is 9.39. The topological polar surface area (TPSA) is 74.8 Å². The number of piperazine rings is 1. The first-order valence-corrected chi connectivity index (χ1v) is 12.4. The zero-order chi connectivity index (χ0) is 24.1. The van der Waals surface area contributed by atoms with E-state index in [1.165, 1.54) is 11.3 Å². The molecule has 0 aliphatic carbocycles. The van der Waals surface area contributed by atoms with Crippen LogP contribution in [0.1, 0.15) is 22.3 Å². The van der Waals surface area contributed by atoms with Gasteiger partial charge in [0.2, 0.25) is 5.91 Å². The molecule has 0 unspecified atom stereocenters. The Labute approximate surface area is 208 Å². The van der Waals surface area contributed by atoms with Gasteiger partial charge < -0.3 is 15.0 Å². The minimum atomic E-state index is -0.119. The Balaban J connectivity index is 1.32. The summed E-state index contributed by atoms with van der Waals surface area (Å²) in [7, 11) is 0. The standard InChI is InChI=1S/C25H27ClN4O3S/c1-3-33-19-10-8-18(9-11-19)24-27-17(2)23(34-24)25(32)30-14-12-29(13-15-30)16-22(31)28-21-7-5-4-6-20(21)26/h4-11H,3,12-16H2,1-2H3,(H,28,31). The van der Waals surface area contributed by atoms with Crippen molar-refractivity contribution in [2.75, 3.05) is 44.6 Å². The summed E-state index contributed by atoms with van der Waals surface area (Å²) in [6.45, 7) is 7.09. The molecule has 0 atom stereocenters. The number of aryl methyl sites for hydroxylation is 1. The number of hydrogen-bond donors (Lipinski definition) is 1. The number of thiazole rings is 1. The van der Waals surface area contributed by atoms with E-state index in [9.17, 15) is 9.59 Å². The maximum atomic E-state index is 13.2. The lowest BCUT2D eigenvalue weighted by atomic mass is 10.2. The molecule has 1 N–H and O–H groups in total. The predicted molar refractivity (Wildman–Crippen MR) is 136 cm³/mol. The normalized spacial score (nSPS) is 14.1. The van der Waals surface area contributed by atoms with Crippen LogP contribution < -0.4 is 10.1 Å². The summed E-state index contributed by atoms with van der Waals surface area (Å²) in [6, 6.07) is 14.9. The van der Waals surface area contributed by atoms with Gasteiger partial charge in [-0.1, -0.05) is 23.7 Å². The fourth-order valence-electron chi connectivity index (χ4n) is 3.79. The molecule has 178 valence electrons. The van der Waals surface area contributed by atoms with Gasteiger partial charge in [-0.05, 0) is 50.2 Å². The van der Waals surface area contributed by atoms with Crippen LogP contribution >= 0.6 is 22.9 Å². The van der Waals surface area contributed by atoms with Gasteiger partial charge in [0.1, 0.15) is 15.6 Å². The molecule has 1 aliphatic rings. The van der Waals surface area contributed by atoms with Crippen molar-refractivity contribution in [1.82, 2.24) is 14.8 Å². The zero-order valence-corrected chi connectivity index (χ0v) is 20.8. The third kappa shape index (κ3) is 5.75. The molecule has 2 amide bonds. The summed E-state index contributed by atoms with van der Waals surface area (Å²) in [4.78, 5) is 34.8. The molecule has 3 aromatic rings. The molecular weight excluding hydrogens is 472 g/mol. The van der Waals surface area contributed by atoms with Crippen LogP contribution in [-0.4, -0.2) is 65.9 Å². The fraction of sp³-hybridized carbons (Fsp3) is 0.320. The first kappa shape index (κ1) is 24.2. The third-order valence-corrected chi connectivity index (χ3v) is 7.10. The van der Waals surface area contributed by atoms with Crippen molar-refractivity contribution < 1.29 is 14.3 Å². The summed E-state index contributed by atoms with van der Waals surface area (Å²) in [6.07, 6.45) is 0. The molecule has 1 saturated heterocycles. The van der Waals surface area contributed by atoms with Crippen LogP contribution in [0.2, 0.25) is 5.02 Å². The molecule has 0 bridgehead atoms. The molecule has 34 heavy (non-hydrogen) atoms. The van der Waals surface area contributed by atoms with E-state index in [1.54, 1.807) is 12.1 Å². The maximum absolute atomic E-state index is 13.2. The Hall–Kier alpha value is -2.94. The van der Waals surface area contributed by atoms with Crippen LogP contribution in [0, 0.1) is 6.92 Å². The van der Waals surface area contributed by atoms with Crippen molar-refractivity contribution in [3.8, 4) is 16.3 Å². The Morgan fingerprint density at radius 2 is 1.79 bits per heavy atom. The monoisotopic (exact) mass is 498 g/mol. The molecular formula is C25H27ClN4O3S. The van der Waals surface area contributed by atoms with Crippen molar-refractivity contribution in [2.45, 2.75) is 13.8 Å². The number of nitrogens with one attached hydrogen (secondary N) is 1. The van der Waals surface area contributed by atoms with E-state index in [2.05, 4.69) is 10.3 Å².